The topological polar surface area (TPSA) is 57.4 Å². The fraction of sp³-hybridized carbons (Fsp3) is 0.154. The normalized spacial score (nSPS) is 12.1. The molecule has 8 bridgehead atoms. The van der Waals surface area contributed by atoms with Crippen LogP contribution < -0.4 is 0 Å². The Hall–Kier alpha value is -6.52. The molecule has 3 aromatic heterocycles. The Morgan fingerprint density at radius 2 is 0.536 bits per heavy atom. The van der Waals surface area contributed by atoms with Gasteiger partial charge in [-0.2, -0.15) is 0 Å². The molecule has 0 amide bonds. The molecule has 9 rings (SSSR count). The van der Waals surface area contributed by atoms with Crippen molar-refractivity contribution >= 4 is 46.4 Å². The number of nitrogens with one attached hydrogen (secondary N) is 2. The van der Waals surface area contributed by atoms with E-state index in [9.17, 15) is 0 Å². The predicted octanol–water partition coefficient (Wildman–Crippen LogP) is 13.6. The van der Waals surface area contributed by atoms with E-state index in [2.05, 4.69) is 183 Å². The highest BCUT2D eigenvalue weighted by Gasteiger charge is 2.24. The number of hydrogen-bond donors (Lipinski definition) is 2. The maximum atomic E-state index is 5.61. The summed E-state index contributed by atoms with van der Waals surface area (Å²) in [5.74, 6) is 0. The minimum atomic E-state index is 0.874. The van der Waals surface area contributed by atoms with Gasteiger partial charge in [-0.25, -0.2) is 9.97 Å². The van der Waals surface area contributed by atoms with E-state index < -0.39 is 0 Å². The van der Waals surface area contributed by atoms with E-state index in [-0.39, 0.29) is 0 Å². The van der Waals surface area contributed by atoms with E-state index in [1.54, 1.807) is 0 Å². The summed E-state index contributed by atoms with van der Waals surface area (Å²) < 4.78 is 0. The van der Waals surface area contributed by atoms with Gasteiger partial charge in [-0.3, -0.25) is 0 Å². The molecule has 2 N–H and O–H groups in total. The van der Waals surface area contributed by atoms with Gasteiger partial charge in [-0.05, 0) is 94.5 Å². The standard InChI is InChI=1S/C52H46N4/c1-5-37-38(6-2)50-46(34-23-15-10-16-24-34)42-31-32-44(54-42)48(36-27-19-12-20-28-36)52-40(8-4)39(7-3)51(56-52)47(35-25-17-11-18-26-35)43-30-29-41(53-43)45(49(37)55-50)33-21-13-9-14-22-33/h9-32,55-56H,5-8H2,1-4H3. The Morgan fingerprint density at radius 3 is 0.732 bits per heavy atom. The first-order valence-corrected chi connectivity index (χ1v) is 20.1. The first-order chi connectivity index (χ1) is 27.6. The van der Waals surface area contributed by atoms with Gasteiger partial charge in [0, 0.05) is 22.3 Å². The lowest BCUT2D eigenvalue weighted by atomic mass is 9.96. The van der Waals surface area contributed by atoms with Gasteiger partial charge in [0.05, 0.1) is 44.8 Å². The Bertz CT molecular complexity index is 2420. The lowest BCUT2D eigenvalue weighted by Crippen LogP contribution is -1.92. The molecule has 0 atom stereocenters. The lowest BCUT2D eigenvalue weighted by molar-refractivity contribution is 1.07. The first kappa shape index (κ1) is 35.2. The minimum absolute atomic E-state index is 0.874. The second-order valence-electron chi connectivity index (χ2n) is 14.5. The molecule has 2 aliphatic rings. The van der Waals surface area contributed by atoms with Crippen LogP contribution in [-0.4, -0.2) is 19.9 Å². The molecule has 0 spiro atoms. The second kappa shape index (κ2) is 15.0. The summed E-state index contributed by atoms with van der Waals surface area (Å²) in [5.41, 5.74) is 22.5. The number of hydrogen-bond acceptors (Lipinski definition) is 2. The third-order valence-corrected chi connectivity index (χ3v) is 11.4. The maximum Gasteiger partial charge on any atom is 0.0737 e. The van der Waals surface area contributed by atoms with E-state index in [0.717, 1.165) is 115 Å². The zero-order valence-corrected chi connectivity index (χ0v) is 32.6. The summed E-state index contributed by atoms with van der Waals surface area (Å²) in [6.45, 7) is 9.09. The van der Waals surface area contributed by atoms with E-state index in [4.69, 9.17) is 9.97 Å². The van der Waals surface area contributed by atoms with Gasteiger partial charge >= 0.3 is 0 Å². The van der Waals surface area contributed by atoms with Crippen molar-refractivity contribution in [1.29, 1.82) is 0 Å². The summed E-state index contributed by atoms with van der Waals surface area (Å²) in [4.78, 5) is 19.4. The van der Waals surface area contributed by atoms with Crippen molar-refractivity contribution < 1.29 is 0 Å². The Kier molecular flexibility index (Phi) is 9.40. The molecule has 0 unspecified atom stereocenters. The summed E-state index contributed by atoms with van der Waals surface area (Å²) >= 11 is 0. The van der Waals surface area contributed by atoms with Crippen molar-refractivity contribution in [1.82, 2.24) is 19.9 Å². The predicted molar refractivity (Wildman–Crippen MR) is 238 cm³/mol. The molecule has 4 nitrogen and oxygen atoms in total. The average Bonchev–Trinajstić information content (AvgIpc) is 4.06. The molecule has 0 fully saturated rings. The number of H-pyrrole nitrogens is 2. The van der Waals surface area contributed by atoms with Crippen molar-refractivity contribution in [2.75, 3.05) is 0 Å². The van der Waals surface area contributed by atoms with Crippen molar-refractivity contribution in [2.45, 2.75) is 53.4 Å². The summed E-state index contributed by atoms with van der Waals surface area (Å²) in [7, 11) is 0. The van der Waals surface area contributed by atoms with Crippen LogP contribution in [0.4, 0.5) is 0 Å². The van der Waals surface area contributed by atoms with E-state index in [1.807, 2.05) is 0 Å². The van der Waals surface area contributed by atoms with Gasteiger partial charge in [0.2, 0.25) is 0 Å². The summed E-state index contributed by atoms with van der Waals surface area (Å²) in [6.07, 6.45) is 12.4. The molecule has 274 valence electrons. The van der Waals surface area contributed by atoms with Crippen LogP contribution in [0.2, 0.25) is 0 Å². The van der Waals surface area contributed by atoms with Crippen LogP contribution in [0.3, 0.4) is 0 Å². The van der Waals surface area contributed by atoms with Crippen molar-refractivity contribution in [3.63, 3.8) is 0 Å². The molecule has 0 saturated carbocycles. The molecule has 4 heteroatoms. The molecule has 0 radical (unpaired) electrons. The smallest absolute Gasteiger partial charge is 0.0737 e. The zero-order valence-electron chi connectivity index (χ0n) is 32.6. The maximum absolute atomic E-state index is 5.61. The number of rotatable bonds is 8. The van der Waals surface area contributed by atoms with Crippen LogP contribution in [0.1, 0.15) is 72.7 Å². The monoisotopic (exact) mass is 726 g/mol. The highest BCUT2D eigenvalue weighted by Crippen LogP contribution is 2.42. The zero-order chi connectivity index (χ0) is 38.2. The second-order valence-corrected chi connectivity index (χ2v) is 14.5. The Morgan fingerprint density at radius 1 is 0.321 bits per heavy atom. The van der Waals surface area contributed by atoms with Gasteiger partial charge in [0.1, 0.15) is 0 Å². The van der Waals surface area contributed by atoms with Crippen LogP contribution in [-0.2, 0) is 25.7 Å². The quantitative estimate of drug-likeness (QED) is 0.164. The average molecular weight is 727 g/mol. The third kappa shape index (κ3) is 5.93. The highest BCUT2D eigenvalue weighted by molar-refractivity contribution is 6.02. The van der Waals surface area contributed by atoms with Crippen molar-refractivity contribution in [3.05, 3.63) is 166 Å². The van der Waals surface area contributed by atoms with Crippen LogP contribution in [0, 0.1) is 0 Å². The van der Waals surface area contributed by atoms with E-state index >= 15 is 0 Å². The number of fused-ring (bicyclic) bond motifs is 8. The largest absolute Gasteiger partial charge is 0.354 e. The molecule has 56 heavy (non-hydrogen) atoms. The molecule has 5 heterocycles. The van der Waals surface area contributed by atoms with Crippen LogP contribution in [0.25, 0.3) is 90.9 Å². The molecular formula is C52H46N4. The Labute approximate surface area is 329 Å². The van der Waals surface area contributed by atoms with E-state index in [1.165, 1.54) is 22.3 Å². The van der Waals surface area contributed by atoms with Crippen LogP contribution in [0.5, 0.6) is 0 Å². The molecule has 0 aliphatic carbocycles. The molecule has 0 saturated heterocycles. The first-order valence-electron chi connectivity index (χ1n) is 20.1. The van der Waals surface area contributed by atoms with Gasteiger partial charge in [0.25, 0.3) is 0 Å². The molecule has 7 aromatic rings. The van der Waals surface area contributed by atoms with Crippen molar-refractivity contribution in [2.24, 2.45) is 0 Å². The number of aromatic nitrogens is 4. The molecular weight excluding hydrogens is 681 g/mol. The van der Waals surface area contributed by atoms with Gasteiger partial charge in [0.15, 0.2) is 0 Å². The van der Waals surface area contributed by atoms with Crippen LogP contribution in [0.15, 0.2) is 121 Å². The fourth-order valence-electron chi connectivity index (χ4n) is 8.95. The minimum Gasteiger partial charge on any atom is -0.354 e. The summed E-state index contributed by atoms with van der Waals surface area (Å²) in [6, 6.07) is 43.0. The van der Waals surface area contributed by atoms with E-state index in [0.29, 0.717) is 0 Å². The Balaban J connectivity index is 1.60. The lowest BCUT2D eigenvalue weighted by Gasteiger charge is -2.08. The van der Waals surface area contributed by atoms with Gasteiger partial charge in [-0.1, -0.05) is 149 Å². The molecule has 2 aliphatic heterocycles. The van der Waals surface area contributed by atoms with Crippen LogP contribution >= 0.6 is 0 Å². The fourth-order valence-corrected chi connectivity index (χ4v) is 8.95. The summed E-state index contributed by atoms with van der Waals surface area (Å²) in [5, 5.41) is 0. The molecule has 4 aromatic carbocycles. The number of benzene rings is 4. The SMILES string of the molecule is CCc1c(CC)c2[nH]c1c(-c1ccccc1)c1nc(c(-c3ccccc3)c3[nH]c(c(CC)c3CC)c(-c3ccccc3)c3nc(c2-c2ccccc2)C=C3)C=C1. The van der Waals surface area contributed by atoms with Gasteiger partial charge in [-0.15, -0.1) is 0 Å². The van der Waals surface area contributed by atoms with Crippen molar-refractivity contribution in [3.8, 4) is 44.5 Å². The number of aryl methyl sites for hydroxylation is 4. The number of aromatic amines is 2. The third-order valence-electron chi connectivity index (χ3n) is 11.4. The van der Waals surface area contributed by atoms with Gasteiger partial charge < -0.3 is 9.97 Å². The number of nitrogens with zero attached hydrogens (tertiary/aromatic N) is 2. The highest BCUT2D eigenvalue weighted by atomic mass is 14.8.